The summed E-state index contributed by atoms with van der Waals surface area (Å²) in [6.07, 6.45) is 4.65. The van der Waals surface area contributed by atoms with Gasteiger partial charge in [0.25, 0.3) is 5.91 Å². The van der Waals surface area contributed by atoms with Gasteiger partial charge in [-0.15, -0.1) is 0 Å². The quantitative estimate of drug-likeness (QED) is 0.602. The first-order valence-corrected chi connectivity index (χ1v) is 10.3. The Morgan fingerprint density at radius 3 is 2.71 bits per heavy atom. The molecule has 0 bridgehead atoms. The zero-order valence-electron chi connectivity index (χ0n) is 17.4. The fourth-order valence-corrected chi connectivity index (χ4v) is 3.58. The number of allylic oxidation sites excluding steroid dienone is 2. The monoisotopic (exact) mass is 429 g/mol. The third-order valence-electron chi connectivity index (χ3n) is 5.23. The topological polar surface area (TPSA) is 102 Å². The zero-order valence-corrected chi connectivity index (χ0v) is 17.4. The number of nitrogens with zero attached hydrogens (tertiary/aromatic N) is 1. The fraction of sp³-hybridized carbons (Fsp3) is 0.435. The molecule has 1 saturated heterocycles. The fourth-order valence-electron chi connectivity index (χ4n) is 3.58. The largest absolute Gasteiger partial charge is 0.479 e. The van der Waals surface area contributed by atoms with Gasteiger partial charge in [-0.3, -0.25) is 9.59 Å². The molecular formula is C23H27NO7. The highest BCUT2D eigenvalue weighted by molar-refractivity contribution is 6.03. The number of ether oxygens (including phenoxy) is 3. The molecule has 1 fully saturated rings. The number of amides is 2. The first kappa shape index (κ1) is 22.7. The third kappa shape index (κ3) is 5.39. The van der Waals surface area contributed by atoms with Gasteiger partial charge in [0.1, 0.15) is 18.4 Å². The normalized spacial score (nSPS) is 23.0. The lowest BCUT2D eigenvalue weighted by atomic mass is 10.0. The number of hydrogen-bond donors (Lipinski definition) is 1. The van der Waals surface area contributed by atoms with Crippen molar-refractivity contribution in [3.63, 3.8) is 0 Å². The van der Waals surface area contributed by atoms with Gasteiger partial charge in [0, 0.05) is 13.7 Å². The van der Waals surface area contributed by atoms with Crippen LogP contribution in [0.3, 0.4) is 0 Å². The van der Waals surface area contributed by atoms with E-state index >= 15 is 0 Å². The van der Waals surface area contributed by atoms with Gasteiger partial charge in [-0.2, -0.15) is 0 Å². The van der Waals surface area contributed by atoms with Crippen molar-refractivity contribution < 1.29 is 33.7 Å². The SMILES string of the molecule is CO[C@H](C(=O)N1C(=O)OC[C@@H]1c1ccccc1)C1O/C(=C\CCCCCO)C=CC1=O. The second-order valence-electron chi connectivity index (χ2n) is 7.32. The van der Waals surface area contributed by atoms with Crippen LogP contribution >= 0.6 is 0 Å². The predicted molar refractivity (Wildman–Crippen MR) is 111 cm³/mol. The number of benzene rings is 1. The maximum Gasteiger partial charge on any atom is 0.417 e. The van der Waals surface area contributed by atoms with E-state index in [1.165, 1.54) is 13.2 Å². The van der Waals surface area contributed by atoms with Crippen LogP contribution in [0.15, 0.2) is 54.3 Å². The Morgan fingerprint density at radius 2 is 2.00 bits per heavy atom. The van der Waals surface area contributed by atoms with Crippen molar-refractivity contribution in [3.05, 3.63) is 59.9 Å². The molecule has 1 aromatic carbocycles. The van der Waals surface area contributed by atoms with E-state index in [1.807, 2.05) is 24.3 Å². The lowest BCUT2D eigenvalue weighted by Crippen LogP contribution is -2.51. The molecule has 0 aliphatic carbocycles. The number of imide groups is 1. The number of aliphatic hydroxyl groups is 1. The number of carbonyl (C=O) groups excluding carboxylic acids is 3. The average Bonchev–Trinajstić information content (AvgIpc) is 3.18. The molecule has 8 nitrogen and oxygen atoms in total. The Hall–Kier alpha value is -2.97. The van der Waals surface area contributed by atoms with Crippen LogP contribution < -0.4 is 0 Å². The van der Waals surface area contributed by atoms with Crippen LogP contribution in [0.1, 0.15) is 37.3 Å². The lowest BCUT2D eigenvalue weighted by molar-refractivity contribution is -0.153. The van der Waals surface area contributed by atoms with E-state index in [2.05, 4.69) is 0 Å². The summed E-state index contributed by atoms with van der Waals surface area (Å²) in [5, 5.41) is 8.85. The van der Waals surface area contributed by atoms with Crippen LogP contribution in [-0.4, -0.2) is 60.3 Å². The maximum atomic E-state index is 13.3. The molecule has 166 valence electrons. The van der Waals surface area contributed by atoms with Crippen molar-refractivity contribution >= 4 is 17.8 Å². The van der Waals surface area contributed by atoms with Crippen LogP contribution in [0.25, 0.3) is 0 Å². The van der Waals surface area contributed by atoms with Crippen LogP contribution in [0.4, 0.5) is 4.79 Å². The van der Waals surface area contributed by atoms with Crippen molar-refractivity contribution in [1.82, 2.24) is 4.90 Å². The van der Waals surface area contributed by atoms with Gasteiger partial charge in [-0.25, -0.2) is 9.69 Å². The molecule has 0 spiro atoms. The van der Waals surface area contributed by atoms with Gasteiger partial charge in [0.15, 0.2) is 18.0 Å². The van der Waals surface area contributed by atoms with Gasteiger partial charge in [-0.1, -0.05) is 36.8 Å². The summed E-state index contributed by atoms with van der Waals surface area (Å²) in [4.78, 5) is 39.1. The Balaban J connectivity index is 1.74. The molecule has 1 N–H and O–H groups in total. The summed E-state index contributed by atoms with van der Waals surface area (Å²) in [6.45, 7) is 0.188. The lowest BCUT2D eigenvalue weighted by Gasteiger charge is -2.30. The summed E-state index contributed by atoms with van der Waals surface area (Å²) in [7, 11) is 1.30. The van der Waals surface area contributed by atoms with Gasteiger partial charge in [0.2, 0.25) is 0 Å². The first-order valence-electron chi connectivity index (χ1n) is 10.3. The molecule has 8 heteroatoms. The molecule has 1 unspecified atom stereocenters. The van der Waals surface area contributed by atoms with Crippen LogP contribution in [-0.2, 0) is 23.8 Å². The van der Waals surface area contributed by atoms with E-state index in [0.717, 1.165) is 29.7 Å². The highest BCUT2D eigenvalue weighted by Gasteiger charge is 2.46. The molecule has 0 radical (unpaired) electrons. The minimum atomic E-state index is -1.30. The third-order valence-corrected chi connectivity index (χ3v) is 5.23. The summed E-state index contributed by atoms with van der Waals surface area (Å²) in [5.41, 5.74) is 0.746. The number of aliphatic hydroxyl groups excluding tert-OH is 1. The minimum Gasteiger partial charge on any atom is -0.479 e. The van der Waals surface area contributed by atoms with Crippen molar-refractivity contribution in [2.24, 2.45) is 0 Å². The van der Waals surface area contributed by atoms with Gasteiger partial charge < -0.3 is 19.3 Å². The van der Waals surface area contributed by atoms with Crippen molar-refractivity contribution in [1.29, 1.82) is 0 Å². The molecular weight excluding hydrogens is 402 g/mol. The van der Waals surface area contributed by atoms with E-state index in [1.54, 1.807) is 18.2 Å². The molecule has 2 aliphatic heterocycles. The molecule has 3 rings (SSSR count). The molecule has 2 aliphatic rings. The predicted octanol–water partition coefficient (Wildman–Crippen LogP) is 2.68. The smallest absolute Gasteiger partial charge is 0.417 e. The number of ketones is 1. The molecule has 3 atom stereocenters. The molecule has 0 aromatic heterocycles. The van der Waals surface area contributed by atoms with Gasteiger partial charge in [-0.05, 0) is 43.1 Å². The first-order chi connectivity index (χ1) is 15.1. The molecule has 2 amide bonds. The maximum absolute atomic E-state index is 13.3. The van der Waals surface area contributed by atoms with E-state index in [4.69, 9.17) is 19.3 Å². The summed E-state index contributed by atoms with van der Waals surface area (Å²) in [6, 6.07) is 8.46. The average molecular weight is 429 g/mol. The summed E-state index contributed by atoms with van der Waals surface area (Å²) in [5.74, 6) is -0.636. The highest BCUT2D eigenvalue weighted by atomic mass is 16.6. The Labute approximate surface area is 181 Å². The van der Waals surface area contributed by atoms with Gasteiger partial charge in [0.05, 0.1) is 0 Å². The van der Waals surface area contributed by atoms with E-state index in [0.29, 0.717) is 12.2 Å². The Morgan fingerprint density at radius 1 is 1.23 bits per heavy atom. The molecule has 2 heterocycles. The number of unbranched alkanes of at least 4 members (excludes halogenated alkanes) is 3. The standard InChI is InChI=1S/C23H27NO7/c1-29-21(20-19(26)13-12-17(31-20)11-7-2-3-8-14-25)22(27)24-18(15-30-23(24)28)16-9-5-4-6-10-16/h4-6,9-13,18,20-21,25H,2-3,7-8,14-15H2,1H3/b17-11-/t18-,20?,21+/m1/s1. The minimum absolute atomic E-state index is 0.0311. The molecule has 0 saturated carbocycles. The number of methoxy groups -OCH3 is 1. The zero-order chi connectivity index (χ0) is 22.2. The van der Waals surface area contributed by atoms with E-state index in [-0.39, 0.29) is 13.2 Å². The Bertz CT molecular complexity index is 849. The number of cyclic esters (lactones) is 1. The second kappa shape index (κ2) is 10.9. The second-order valence-corrected chi connectivity index (χ2v) is 7.32. The Kier molecular flexibility index (Phi) is 7.97. The highest BCUT2D eigenvalue weighted by Crippen LogP contribution is 2.30. The number of hydrogen-bond acceptors (Lipinski definition) is 7. The van der Waals surface area contributed by atoms with Crippen molar-refractivity contribution in [2.75, 3.05) is 20.3 Å². The number of rotatable bonds is 9. The number of carbonyl (C=O) groups is 3. The molecule has 31 heavy (non-hydrogen) atoms. The van der Waals surface area contributed by atoms with Crippen LogP contribution in [0.2, 0.25) is 0 Å². The summed E-state index contributed by atoms with van der Waals surface area (Å²) < 4.78 is 16.2. The van der Waals surface area contributed by atoms with Crippen molar-refractivity contribution in [2.45, 2.75) is 43.9 Å². The van der Waals surface area contributed by atoms with Gasteiger partial charge >= 0.3 is 6.09 Å². The summed E-state index contributed by atoms with van der Waals surface area (Å²) >= 11 is 0. The van der Waals surface area contributed by atoms with Crippen LogP contribution in [0, 0.1) is 0 Å². The molecule has 1 aromatic rings. The van der Waals surface area contributed by atoms with Crippen molar-refractivity contribution in [3.8, 4) is 0 Å². The van der Waals surface area contributed by atoms with E-state index < -0.39 is 36.0 Å². The van der Waals surface area contributed by atoms with E-state index in [9.17, 15) is 14.4 Å². The van der Waals surface area contributed by atoms with Crippen LogP contribution in [0.5, 0.6) is 0 Å².